The van der Waals surface area contributed by atoms with Gasteiger partial charge in [0.25, 0.3) is 0 Å². The van der Waals surface area contributed by atoms with Crippen molar-refractivity contribution in [3.63, 3.8) is 0 Å². The van der Waals surface area contributed by atoms with Crippen LogP contribution in [0.2, 0.25) is 0 Å². The van der Waals surface area contributed by atoms with Crippen LogP contribution >= 0.6 is 11.3 Å². The van der Waals surface area contributed by atoms with Crippen LogP contribution in [-0.4, -0.2) is 79.0 Å². The zero-order chi connectivity index (χ0) is 22.7. The quantitative estimate of drug-likeness (QED) is 0.667. The van der Waals surface area contributed by atoms with E-state index in [-0.39, 0.29) is 36.3 Å². The van der Waals surface area contributed by atoms with Crippen molar-refractivity contribution in [1.82, 2.24) is 14.7 Å². The van der Waals surface area contributed by atoms with Gasteiger partial charge in [0.05, 0.1) is 6.04 Å². The Morgan fingerprint density at radius 1 is 1.19 bits per heavy atom. The van der Waals surface area contributed by atoms with E-state index in [2.05, 4.69) is 16.3 Å². The zero-order valence-electron chi connectivity index (χ0n) is 18.6. The summed E-state index contributed by atoms with van der Waals surface area (Å²) < 4.78 is 18.9. The van der Waals surface area contributed by atoms with E-state index in [1.807, 2.05) is 17.9 Å². The van der Waals surface area contributed by atoms with Gasteiger partial charge in [-0.25, -0.2) is 4.39 Å². The van der Waals surface area contributed by atoms with Crippen molar-refractivity contribution in [3.8, 4) is 0 Å². The lowest BCUT2D eigenvalue weighted by Gasteiger charge is -2.40. The Morgan fingerprint density at radius 3 is 2.78 bits per heavy atom. The van der Waals surface area contributed by atoms with E-state index in [0.29, 0.717) is 32.6 Å². The second-order valence-corrected chi connectivity index (χ2v) is 9.50. The number of piperazine rings is 1. The number of ether oxygens (including phenoxy) is 1. The molecule has 1 aromatic heterocycles. The molecule has 2 amide bonds. The number of thiophene rings is 1. The average molecular weight is 460 g/mol. The molecule has 4 rings (SSSR count). The van der Waals surface area contributed by atoms with Crippen LogP contribution < -0.4 is 0 Å². The number of carbonyl (C=O) groups is 2. The van der Waals surface area contributed by atoms with Crippen molar-refractivity contribution < 1.29 is 18.7 Å². The standard InChI is InChI=1S/C24H30FN3O3S/c1-17-15-27(11-12-28(17)23(30)16-31-2)22(29)7-10-26-9-6-21-20(8-13-32-21)24(26)18-4-3-5-19(25)14-18/h3-5,8,13-14,17,24H,6-7,9-12,15-16H2,1-2H3. The Morgan fingerprint density at radius 2 is 2.03 bits per heavy atom. The number of amides is 2. The lowest BCUT2D eigenvalue weighted by molar-refractivity contribution is -0.145. The molecule has 2 aliphatic heterocycles. The summed E-state index contributed by atoms with van der Waals surface area (Å²) in [6.07, 6.45) is 1.36. The fourth-order valence-electron chi connectivity index (χ4n) is 4.83. The van der Waals surface area contributed by atoms with E-state index in [1.165, 1.54) is 23.6 Å². The molecule has 0 aliphatic carbocycles. The zero-order valence-corrected chi connectivity index (χ0v) is 19.4. The van der Waals surface area contributed by atoms with E-state index in [0.717, 1.165) is 18.5 Å². The van der Waals surface area contributed by atoms with Crippen molar-refractivity contribution in [2.45, 2.75) is 31.8 Å². The first-order valence-electron chi connectivity index (χ1n) is 11.1. The molecule has 0 spiro atoms. The van der Waals surface area contributed by atoms with Gasteiger partial charge in [-0.05, 0) is 48.1 Å². The van der Waals surface area contributed by atoms with E-state index in [1.54, 1.807) is 28.4 Å². The predicted octanol–water partition coefficient (Wildman–Crippen LogP) is 2.93. The van der Waals surface area contributed by atoms with Crippen LogP contribution in [-0.2, 0) is 20.7 Å². The highest BCUT2D eigenvalue weighted by Crippen LogP contribution is 2.38. The maximum atomic E-state index is 14.0. The summed E-state index contributed by atoms with van der Waals surface area (Å²) in [5.74, 6) is -0.175. The smallest absolute Gasteiger partial charge is 0.248 e. The average Bonchev–Trinajstić information content (AvgIpc) is 3.26. The van der Waals surface area contributed by atoms with Gasteiger partial charge in [0.15, 0.2) is 0 Å². The highest BCUT2D eigenvalue weighted by atomic mass is 32.1. The van der Waals surface area contributed by atoms with Gasteiger partial charge in [0, 0.05) is 57.2 Å². The van der Waals surface area contributed by atoms with Crippen LogP contribution in [0, 0.1) is 5.82 Å². The second kappa shape index (κ2) is 10.1. The topological polar surface area (TPSA) is 53.1 Å². The summed E-state index contributed by atoms with van der Waals surface area (Å²) in [5, 5.41) is 2.09. The molecule has 32 heavy (non-hydrogen) atoms. The molecule has 2 aromatic rings. The number of nitrogens with zero attached hydrogens (tertiary/aromatic N) is 3. The van der Waals surface area contributed by atoms with Gasteiger partial charge < -0.3 is 14.5 Å². The lowest BCUT2D eigenvalue weighted by atomic mass is 9.93. The third-order valence-electron chi connectivity index (χ3n) is 6.41. The van der Waals surface area contributed by atoms with Crippen LogP contribution in [0.15, 0.2) is 35.7 Å². The molecule has 2 unspecified atom stereocenters. The highest BCUT2D eigenvalue weighted by Gasteiger charge is 2.32. The minimum Gasteiger partial charge on any atom is -0.375 e. The Labute approximate surface area is 192 Å². The highest BCUT2D eigenvalue weighted by molar-refractivity contribution is 7.10. The molecule has 172 valence electrons. The molecule has 1 saturated heterocycles. The van der Waals surface area contributed by atoms with Crippen molar-refractivity contribution in [2.24, 2.45) is 0 Å². The van der Waals surface area contributed by atoms with Crippen LogP contribution in [0.25, 0.3) is 0 Å². The summed E-state index contributed by atoms with van der Waals surface area (Å²) in [4.78, 5) is 32.4. The third-order valence-corrected chi connectivity index (χ3v) is 7.41. The fraction of sp³-hybridized carbons (Fsp3) is 0.500. The first-order valence-corrected chi connectivity index (χ1v) is 12.0. The molecule has 0 saturated carbocycles. The molecule has 1 fully saturated rings. The first-order chi connectivity index (χ1) is 15.5. The van der Waals surface area contributed by atoms with Crippen molar-refractivity contribution >= 4 is 23.2 Å². The molecule has 2 atom stereocenters. The van der Waals surface area contributed by atoms with Crippen LogP contribution in [0.3, 0.4) is 0 Å². The van der Waals surface area contributed by atoms with Gasteiger partial charge in [-0.2, -0.15) is 0 Å². The minimum atomic E-state index is -0.240. The Hall–Kier alpha value is -2.29. The number of benzene rings is 1. The molecule has 3 heterocycles. The maximum absolute atomic E-state index is 14.0. The van der Waals surface area contributed by atoms with Crippen LogP contribution in [0.4, 0.5) is 4.39 Å². The van der Waals surface area contributed by atoms with Gasteiger partial charge >= 0.3 is 0 Å². The Balaban J connectivity index is 1.40. The predicted molar refractivity (Wildman–Crippen MR) is 122 cm³/mol. The van der Waals surface area contributed by atoms with E-state index >= 15 is 0 Å². The fourth-order valence-corrected chi connectivity index (χ4v) is 5.74. The van der Waals surface area contributed by atoms with Crippen LogP contribution in [0.5, 0.6) is 0 Å². The molecule has 0 radical (unpaired) electrons. The molecule has 0 bridgehead atoms. The largest absolute Gasteiger partial charge is 0.375 e. The molecule has 2 aliphatic rings. The number of fused-ring (bicyclic) bond motifs is 1. The molecule has 8 heteroatoms. The number of rotatable bonds is 6. The monoisotopic (exact) mass is 459 g/mol. The number of hydrogen-bond donors (Lipinski definition) is 0. The SMILES string of the molecule is COCC(=O)N1CCN(C(=O)CCN2CCc3sccc3C2c2cccc(F)c2)CC1C. The first kappa shape index (κ1) is 22.9. The normalized spacial score (nSPS) is 21.5. The molecular weight excluding hydrogens is 429 g/mol. The Kier molecular flexibility index (Phi) is 7.23. The lowest BCUT2D eigenvalue weighted by Crippen LogP contribution is -2.56. The van der Waals surface area contributed by atoms with Crippen molar-refractivity contribution in [2.75, 3.05) is 46.4 Å². The van der Waals surface area contributed by atoms with Gasteiger partial charge in [0.1, 0.15) is 12.4 Å². The summed E-state index contributed by atoms with van der Waals surface area (Å²) in [6.45, 7) is 5.11. The van der Waals surface area contributed by atoms with E-state index in [9.17, 15) is 14.0 Å². The van der Waals surface area contributed by atoms with Gasteiger partial charge in [-0.1, -0.05) is 12.1 Å². The number of halogens is 1. The third kappa shape index (κ3) is 4.87. The van der Waals surface area contributed by atoms with Crippen molar-refractivity contribution in [3.05, 3.63) is 57.5 Å². The van der Waals surface area contributed by atoms with Gasteiger partial charge in [0.2, 0.25) is 11.8 Å². The number of methoxy groups -OCH3 is 1. The van der Waals surface area contributed by atoms with E-state index in [4.69, 9.17) is 4.74 Å². The maximum Gasteiger partial charge on any atom is 0.248 e. The minimum absolute atomic E-state index is 0.0289. The van der Waals surface area contributed by atoms with Gasteiger partial charge in [-0.15, -0.1) is 11.3 Å². The Bertz CT molecular complexity index is 965. The summed E-state index contributed by atoms with van der Waals surface area (Å²) in [6, 6.07) is 8.85. The summed E-state index contributed by atoms with van der Waals surface area (Å²) in [5.41, 5.74) is 2.15. The molecule has 0 N–H and O–H groups in total. The second-order valence-electron chi connectivity index (χ2n) is 8.50. The molecular formula is C24H30FN3O3S. The van der Waals surface area contributed by atoms with Gasteiger partial charge in [-0.3, -0.25) is 14.5 Å². The molecule has 6 nitrogen and oxygen atoms in total. The summed E-state index contributed by atoms with van der Waals surface area (Å²) in [7, 11) is 1.51. The van der Waals surface area contributed by atoms with E-state index < -0.39 is 0 Å². The summed E-state index contributed by atoms with van der Waals surface area (Å²) >= 11 is 1.75. The number of carbonyl (C=O) groups excluding carboxylic acids is 2. The van der Waals surface area contributed by atoms with Crippen molar-refractivity contribution in [1.29, 1.82) is 0 Å². The number of hydrogen-bond acceptors (Lipinski definition) is 5. The van der Waals surface area contributed by atoms with Crippen LogP contribution in [0.1, 0.15) is 35.4 Å². The molecule has 1 aromatic carbocycles.